The zero-order valence-electron chi connectivity index (χ0n) is 22.4. The Balaban J connectivity index is 1.45. The van der Waals surface area contributed by atoms with Crippen molar-refractivity contribution >= 4 is 71.6 Å². The first-order valence-corrected chi connectivity index (χ1v) is 14.5. The molecule has 2 nitrogen and oxygen atoms in total. The van der Waals surface area contributed by atoms with Crippen LogP contribution in [0.4, 0.5) is 34.1 Å². The van der Waals surface area contributed by atoms with Gasteiger partial charge in [0.05, 0.1) is 15.8 Å². The summed E-state index contributed by atoms with van der Waals surface area (Å²) in [4.78, 5) is 4.65. The van der Waals surface area contributed by atoms with E-state index in [0.717, 1.165) is 38.6 Å². The molecular formula is C38H27BrN2. The molecule has 0 aliphatic heterocycles. The average molecular weight is 592 g/mol. The first kappa shape index (κ1) is 25.1. The summed E-state index contributed by atoms with van der Waals surface area (Å²) in [6.07, 6.45) is 0. The zero-order valence-corrected chi connectivity index (χ0v) is 23.9. The Kier molecular flexibility index (Phi) is 6.72. The van der Waals surface area contributed by atoms with Crippen molar-refractivity contribution in [2.45, 2.75) is 0 Å². The highest BCUT2D eigenvalue weighted by atomic mass is 79.9. The van der Waals surface area contributed by atoms with Crippen LogP contribution in [0, 0.1) is 0 Å². The Morgan fingerprint density at radius 3 is 1.17 bits per heavy atom. The Hall–Kier alpha value is -4.86. The highest BCUT2D eigenvalue weighted by molar-refractivity contribution is 9.10. The Morgan fingerprint density at radius 2 is 0.707 bits per heavy atom. The molecule has 7 aromatic rings. The van der Waals surface area contributed by atoms with E-state index in [1.54, 1.807) is 0 Å². The molecule has 0 saturated heterocycles. The van der Waals surface area contributed by atoms with Gasteiger partial charge in [-0.1, -0.05) is 103 Å². The fourth-order valence-corrected chi connectivity index (χ4v) is 6.11. The molecule has 41 heavy (non-hydrogen) atoms. The van der Waals surface area contributed by atoms with E-state index >= 15 is 0 Å². The summed E-state index contributed by atoms with van der Waals surface area (Å²) in [7, 11) is 0. The third kappa shape index (κ3) is 4.86. The third-order valence-corrected chi connectivity index (χ3v) is 8.26. The number of para-hydroxylation sites is 2. The van der Waals surface area contributed by atoms with Gasteiger partial charge < -0.3 is 9.80 Å². The predicted molar refractivity (Wildman–Crippen MR) is 179 cm³/mol. The molecule has 3 heteroatoms. The van der Waals surface area contributed by atoms with E-state index in [1.807, 2.05) is 0 Å². The van der Waals surface area contributed by atoms with E-state index in [0.29, 0.717) is 0 Å². The molecule has 0 heterocycles. The molecule has 196 valence electrons. The highest BCUT2D eigenvalue weighted by Crippen LogP contribution is 2.47. The molecule has 0 N–H and O–H groups in total. The molecule has 0 fully saturated rings. The SMILES string of the molecule is Brc1c(N(c2ccccc2)c2ccccc2)cccc1N(c1ccc2ccccc2c1)c1ccc2ccccc2c1. The van der Waals surface area contributed by atoms with E-state index in [4.69, 9.17) is 0 Å². The lowest BCUT2D eigenvalue weighted by Gasteiger charge is -2.31. The van der Waals surface area contributed by atoms with Gasteiger partial charge in [-0.3, -0.25) is 0 Å². The fraction of sp³-hybridized carbons (Fsp3) is 0. The van der Waals surface area contributed by atoms with Gasteiger partial charge >= 0.3 is 0 Å². The van der Waals surface area contributed by atoms with Crippen LogP contribution >= 0.6 is 15.9 Å². The first-order valence-electron chi connectivity index (χ1n) is 13.7. The first-order chi connectivity index (χ1) is 20.3. The molecule has 0 saturated carbocycles. The number of rotatable bonds is 6. The van der Waals surface area contributed by atoms with Crippen molar-refractivity contribution in [3.63, 3.8) is 0 Å². The van der Waals surface area contributed by atoms with E-state index < -0.39 is 0 Å². The van der Waals surface area contributed by atoms with Gasteiger partial charge in [0.15, 0.2) is 0 Å². The minimum absolute atomic E-state index is 1.01. The molecule has 0 aliphatic rings. The van der Waals surface area contributed by atoms with Crippen LogP contribution in [-0.2, 0) is 0 Å². The van der Waals surface area contributed by atoms with Gasteiger partial charge in [-0.15, -0.1) is 0 Å². The molecule has 0 bridgehead atoms. The second-order valence-corrected chi connectivity index (χ2v) is 10.8. The van der Waals surface area contributed by atoms with Crippen molar-refractivity contribution in [2.75, 3.05) is 9.80 Å². The van der Waals surface area contributed by atoms with Crippen molar-refractivity contribution in [1.82, 2.24) is 0 Å². The van der Waals surface area contributed by atoms with Gasteiger partial charge in [0.25, 0.3) is 0 Å². The molecule has 0 amide bonds. The molecule has 0 unspecified atom stereocenters. The minimum atomic E-state index is 1.01. The smallest absolute Gasteiger partial charge is 0.0656 e. The van der Waals surface area contributed by atoms with Gasteiger partial charge in [0, 0.05) is 22.7 Å². The van der Waals surface area contributed by atoms with Crippen molar-refractivity contribution in [1.29, 1.82) is 0 Å². The summed E-state index contributed by atoms with van der Waals surface area (Å²) < 4.78 is 1.01. The lowest BCUT2D eigenvalue weighted by Crippen LogP contribution is -2.14. The summed E-state index contributed by atoms with van der Waals surface area (Å²) in [6.45, 7) is 0. The average Bonchev–Trinajstić information content (AvgIpc) is 3.04. The zero-order chi connectivity index (χ0) is 27.6. The second kappa shape index (κ2) is 11.0. The van der Waals surface area contributed by atoms with Gasteiger partial charge in [0.2, 0.25) is 0 Å². The van der Waals surface area contributed by atoms with Crippen LogP contribution < -0.4 is 9.80 Å². The van der Waals surface area contributed by atoms with Gasteiger partial charge in [0.1, 0.15) is 0 Å². The Labute approximate surface area is 248 Å². The number of hydrogen-bond donors (Lipinski definition) is 0. The van der Waals surface area contributed by atoms with E-state index in [2.05, 4.69) is 190 Å². The lowest BCUT2D eigenvalue weighted by atomic mass is 10.1. The van der Waals surface area contributed by atoms with Crippen LogP contribution in [-0.4, -0.2) is 0 Å². The Bertz CT molecular complexity index is 1850. The van der Waals surface area contributed by atoms with Crippen molar-refractivity contribution in [3.8, 4) is 0 Å². The van der Waals surface area contributed by atoms with Crippen LogP contribution in [0.5, 0.6) is 0 Å². The number of benzene rings is 7. The monoisotopic (exact) mass is 590 g/mol. The number of hydrogen-bond acceptors (Lipinski definition) is 2. The molecule has 0 aliphatic carbocycles. The largest absolute Gasteiger partial charge is 0.309 e. The highest BCUT2D eigenvalue weighted by Gasteiger charge is 2.22. The van der Waals surface area contributed by atoms with Crippen LogP contribution in [0.15, 0.2) is 168 Å². The molecular weight excluding hydrogens is 564 g/mol. The molecule has 7 aromatic carbocycles. The van der Waals surface area contributed by atoms with Gasteiger partial charge in [-0.05, 0) is 98.1 Å². The van der Waals surface area contributed by atoms with E-state index in [1.165, 1.54) is 21.5 Å². The van der Waals surface area contributed by atoms with Crippen LogP contribution in [0.1, 0.15) is 0 Å². The molecule has 0 atom stereocenters. The normalized spacial score (nSPS) is 11.0. The molecule has 7 rings (SSSR count). The predicted octanol–water partition coefficient (Wildman–Crippen LogP) is 11.7. The molecule has 0 spiro atoms. The standard InChI is InChI=1S/C38H27BrN2/c39-38-36(40(32-16-3-1-4-17-32)33-18-5-2-6-19-33)20-11-21-37(38)41(34-24-22-28-12-7-9-14-30(28)26-34)35-25-23-29-13-8-10-15-31(29)27-35/h1-27H. The Morgan fingerprint density at radius 1 is 0.317 bits per heavy atom. The summed E-state index contributed by atoms with van der Waals surface area (Å²) in [5.41, 5.74) is 6.51. The van der Waals surface area contributed by atoms with Gasteiger partial charge in [-0.25, -0.2) is 0 Å². The van der Waals surface area contributed by atoms with Crippen LogP contribution in [0.3, 0.4) is 0 Å². The van der Waals surface area contributed by atoms with Crippen molar-refractivity contribution in [3.05, 3.63) is 168 Å². The molecule has 0 aromatic heterocycles. The maximum Gasteiger partial charge on any atom is 0.0656 e. The second-order valence-electron chi connectivity index (χ2n) is 10.0. The lowest BCUT2D eigenvalue weighted by molar-refractivity contribution is 1.24. The van der Waals surface area contributed by atoms with Crippen molar-refractivity contribution in [2.24, 2.45) is 0 Å². The van der Waals surface area contributed by atoms with Gasteiger partial charge in [-0.2, -0.15) is 0 Å². The topological polar surface area (TPSA) is 6.48 Å². The van der Waals surface area contributed by atoms with E-state index in [9.17, 15) is 0 Å². The van der Waals surface area contributed by atoms with Crippen molar-refractivity contribution < 1.29 is 0 Å². The number of anilines is 6. The number of halogens is 1. The minimum Gasteiger partial charge on any atom is -0.309 e. The van der Waals surface area contributed by atoms with Crippen LogP contribution in [0.2, 0.25) is 0 Å². The maximum atomic E-state index is 4.09. The summed E-state index contributed by atoms with van der Waals surface area (Å²) in [5, 5.41) is 4.86. The fourth-order valence-electron chi connectivity index (χ4n) is 5.49. The number of nitrogens with zero attached hydrogens (tertiary/aromatic N) is 2. The van der Waals surface area contributed by atoms with Crippen LogP contribution in [0.25, 0.3) is 21.5 Å². The summed E-state index contributed by atoms with van der Waals surface area (Å²) >= 11 is 4.09. The molecule has 0 radical (unpaired) electrons. The third-order valence-electron chi connectivity index (χ3n) is 7.45. The number of fused-ring (bicyclic) bond motifs is 2. The maximum absolute atomic E-state index is 4.09. The summed E-state index contributed by atoms with van der Waals surface area (Å²) in [6, 6.07) is 58.0. The quantitative estimate of drug-likeness (QED) is 0.190. The summed E-state index contributed by atoms with van der Waals surface area (Å²) in [5.74, 6) is 0. The van der Waals surface area contributed by atoms with E-state index in [-0.39, 0.29) is 0 Å².